The van der Waals surface area contributed by atoms with Crippen molar-refractivity contribution in [1.29, 1.82) is 0 Å². The number of benzene rings is 3. The third-order valence-corrected chi connectivity index (χ3v) is 3.73. The Morgan fingerprint density at radius 2 is 1.18 bits per heavy atom. The molecular weight excluding hydrogens is 358 g/mol. The molecule has 0 radical (unpaired) electrons. The number of carbonyl (C=O) groups is 2. The van der Waals surface area contributed by atoms with Crippen molar-refractivity contribution in [2.45, 2.75) is 6.42 Å². The highest BCUT2D eigenvalue weighted by Crippen LogP contribution is 2.13. The van der Waals surface area contributed by atoms with Crippen LogP contribution in [-0.2, 0) is 11.3 Å². The van der Waals surface area contributed by atoms with E-state index in [1.807, 2.05) is 30.3 Å². The van der Waals surface area contributed by atoms with Crippen LogP contribution in [0.4, 0.5) is 9.59 Å². The maximum atomic E-state index is 12.5. The van der Waals surface area contributed by atoms with Crippen LogP contribution in [0.5, 0.6) is 11.5 Å². The van der Waals surface area contributed by atoms with E-state index in [1.165, 1.54) is 0 Å². The molecule has 0 fully saturated rings. The maximum Gasteiger partial charge on any atom is 0.539 e. The molecule has 0 spiro atoms. The van der Waals surface area contributed by atoms with Gasteiger partial charge in [-0.2, -0.15) is 0 Å². The second-order valence-electron chi connectivity index (χ2n) is 5.78. The highest BCUT2D eigenvalue weighted by Gasteiger charge is 2.22. The van der Waals surface area contributed by atoms with Gasteiger partial charge >= 0.3 is 12.2 Å². The SMILES string of the molecule is O=C(Oc1ccccc1)ON(CCc1ccccc1)C(=O)Oc1ccccc1. The standard InChI is InChI=1S/C22H19NO5/c24-21(26-19-12-6-2-7-13-19)23(17-16-18-10-4-1-5-11-18)28-22(25)27-20-14-8-3-9-15-20/h1-15H,16-17H2. The first kappa shape index (κ1) is 19.0. The van der Waals surface area contributed by atoms with Gasteiger partial charge < -0.3 is 9.47 Å². The second kappa shape index (κ2) is 9.78. The van der Waals surface area contributed by atoms with Gasteiger partial charge in [-0.05, 0) is 36.2 Å². The average molecular weight is 377 g/mol. The highest BCUT2D eigenvalue weighted by molar-refractivity contribution is 5.72. The normalized spacial score (nSPS) is 10.0. The molecule has 1 amide bonds. The molecule has 0 heterocycles. The molecule has 0 unspecified atom stereocenters. The lowest BCUT2D eigenvalue weighted by molar-refractivity contribution is -0.0886. The Bertz CT molecular complexity index is 885. The molecule has 3 aromatic rings. The number of hydrogen-bond donors (Lipinski definition) is 0. The van der Waals surface area contributed by atoms with Gasteiger partial charge in [-0.1, -0.05) is 66.7 Å². The van der Waals surface area contributed by atoms with Gasteiger partial charge in [0, 0.05) is 0 Å². The van der Waals surface area contributed by atoms with E-state index >= 15 is 0 Å². The molecule has 6 heteroatoms. The largest absolute Gasteiger partial charge is 0.539 e. The van der Waals surface area contributed by atoms with Gasteiger partial charge in [0.15, 0.2) is 0 Å². The number of nitrogens with zero attached hydrogens (tertiary/aromatic N) is 1. The summed E-state index contributed by atoms with van der Waals surface area (Å²) >= 11 is 0. The predicted molar refractivity (Wildman–Crippen MR) is 103 cm³/mol. The van der Waals surface area contributed by atoms with Crippen LogP contribution in [0.1, 0.15) is 5.56 Å². The lowest BCUT2D eigenvalue weighted by Crippen LogP contribution is -2.38. The van der Waals surface area contributed by atoms with Crippen LogP contribution in [-0.4, -0.2) is 23.9 Å². The topological polar surface area (TPSA) is 65.1 Å². The van der Waals surface area contributed by atoms with Crippen molar-refractivity contribution in [3.05, 3.63) is 96.6 Å². The molecule has 0 aliphatic heterocycles. The van der Waals surface area contributed by atoms with Crippen LogP contribution in [0.2, 0.25) is 0 Å². The van der Waals surface area contributed by atoms with Gasteiger partial charge in [0.05, 0.1) is 6.54 Å². The van der Waals surface area contributed by atoms with Crippen molar-refractivity contribution < 1.29 is 23.9 Å². The first-order valence-electron chi connectivity index (χ1n) is 8.74. The summed E-state index contributed by atoms with van der Waals surface area (Å²) in [6.07, 6.45) is -1.36. The molecule has 28 heavy (non-hydrogen) atoms. The molecule has 0 saturated carbocycles. The zero-order valence-electron chi connectivity index (χ0n) is 15.1. The van der Waals surface area contributed by atoms with Crippen LogP contribution >= 0.6 is 0 Å². The van der Waals surface area contributed by atoms with Crippen molar-refractivity contribution in [2.75, 3.05) is 6.54 Å². The van der Waals surface area contributed by atoms with Gasteiger partial charge in [0.1, 0.15) is 11.5 Å². The van der Waals surface area contributed by atoms with E-state index in [4.69, 9.17) is 14.3 Å². The molecule has 3 aromatic carbocycles. The number of amides is 1. The van der Waals surface area contributed by atoms with Gasteiger partial charge in [-0.25, -0.2) is 9.59 Å². The smallest absolute Gasteiger partial charge is 0.408 e. The fraction of sp³-hybridized carbons (Fsp3) is 0.0909. The molecule has 142 valence electrons. The first-order chi connectivity index (χ1) is 13.7. The van der Waals surface area contributed by atoms with E-state index < -0.39 is 12.2 Å². The average Bonchev–Trinajstić information content (AvgIpc) is 2.73. The number of para-hydroxylation sites is 2. The predicted octanol–water partition coefficient (Wildman–Crippen LogP) is 4.86. The number of hydrogen-bond acceptors (Lipinski definition) is 5. The van der Waals surface area contributed by atoms with Crippen molar-refractivity contribution in [3.8, 4) is 11.5 Å². The summed E-state index contributed by atoms with van der Waals surface area (Å²) in [5.74, 6) is 0.657. The molecule has 0 atom stereocenters. The minimum atomic E-state index is -1.02. The summed E-state index contributed by atoms with van der Waals surface area (Å²) in [7, 11) is 0. The van der Waals surface area contributed by atoms with Crippen molar-refractivity contribution in [2.24, 2.45) is 0 Å². The van der Waals surface area contributed by atoms with Crippen LogP contribution in [0, 0.1) is 0 Å². The zero-order chi connectivity index (χ0) is 19.6. The minimum absolute atomic E-state index is 0.111. The zero-order valence-corrected chi connectivity index (χ0v) is 15.1. The highest BCUT2D eigenvalue weighted by atomic mass is 16.8. The van der Waals surface area contributed by atoms with Gasteiger partial charge in [0.2, 0.25) is 0 Å². The third-order valence-electron chi connectivity index (χ3n) is 3.73. The Morgan fingerprint density at radius 3 is 1.75 bits per heavy atom. The molecule has 3 rings (SSSR count). The molecule has 0 aliphatic carbocycles. The molecular formula is C22H19NO5. The van der Waals surface area contributed by atoms with E-state index in [1.54, 1.807) is 60.7 Å². The van der Waals surface area contributed by atoms with Gasteiger partial charge in [-0.15, -0.1) is 5.06 Å². The summed E-state index contributed by atoms with van der Waals surface area (Å²) in [6.45, 7) is 0.111. The van der Waals surface area contributed by atoms with Crippen LogP contribution in [0.25, 0.3) is 0 Å². The summed E-state index contributed by atoms with van der Waals surface area (Å²) in [5.41, 5.74) is 0.986. The van der Waals surface area contributed by atoms with Crippen LogP contribution in [0.15, 0.2) is 91.0 Å². The van der Waals surface area contributed by atoms with E-state index in [0.717, 1.165) is 10.6 Å². The third kappa shape index (κ3) is 5.88. The van der Waals surface area contributed by atoms with Gasteiger partial charge in [-0.3, -0.25) is 4.84 Å². The molecule has 0 N–H and O–H groups in total. The van der Waals surface area contributed by atoms with Crippen molar-refractivity contribution >= 4 is 12.2 Å². The van der Waals surface area contributed by atoms with E-state index in [-0.39, 0.29) is 6.54 Å². The summed E-state index contributed by atoms with van der Waals surface area (Å²) in [5, 5.41) is 0.852. The van der Waals surface area contributed by atoms with Crippen LogP contribution in [0.3, 0.4) is 0 Å². The molecule has 0 aromatic heterocycles. The quantitative estimate of drug-likeness (QED) is 0.361. The van der Waals surface area contributed by atoms with E-state index in [2.05, 4.69) is 0 Å². The Balaban J connectivity index is 1.65. The van der Waals surface area contributed by atoms with Crippen LogP contribution < -0.4 is 9.47 Å². The number of ether oxygens (including phenoxy) is 2. The fourth-order valence-electron chi connectivity index (χ4n) is 2.38. The maximum absolute atomic E-state index is 12.5. The summed E-state index contributed by atoms with van der Waals surface area (Å²) in [6, 6.07) is 26.5. The van der Waals surface area contributed by atoms with Gasteiger partial charge in [0.25, 0.3) is 0 Å². The Labute approximate surface area is 162 Å². The molecule has 6 nitrogen and oxygen atoms in total. The number of rotatable bonds is 5. The second-order valence-corrected chi connectivity index (χ2v) is 5.78. The monoisotopic (exact) mass is 377 g/mol. The summed E-state index contributed by atoms with van der Waals surface area (Å²) in [4.78, 5) is 29.7. The molecule has 0 aliphatic rings. The van der Waals surface area contributed by atoms with Crippen molar-refractivity contribution in [3.63, 3.8) is 0 Å². The fourth-order valence-corrected chi connectivity index (χ4v) is 2.38. The van der Waals surface area contributed by atoms with E-state index in [0.29, 0.717) is 17.9 Å². The Morgan fingerprint density at radius 1 is 0.679 bits per heavy atom. The summed E-state index contributed by atoms with van der Waals surface area (Å²) < 4.78 is 10.4. The molecule has 0 bridgehead atoms. The lowest BCUT2D eigenvalue weighted by atomic mass is 10.1. The minimum Gasteiger partial charge on any atom is -0.408 e. The number of hydroxylamine groups is 2. The lowest BCUT2D eigenvalue weighted by Gasteiger charge is -2.20. The van der Waals surface area contributed by atoms with Crippen molar-refractivity contribution in [1.82, 2.24) is 5.06 Å². The van der Waals surface area contributed by atoms with E-state index in [9.17, 15) is 9.59 Å². The first-order valence-corrected chi connectivity index (χ1v) is 8.74. The molecule has 0 saturated heterocycles. The Kier molecular flexibility index (Phi) is 6.62. The Hall–Kier alpha value is -3.80. The number of carbonyl (C=O) groups excluding carboxylic acids is 2.